The molecule has 0 atom stereocenters. The van der Waals surface area contributed by atoms with Crippen molar-refractivity contribution in [3.8, 4) is 28.4 Å². The molecule has 0 aliphatic heterocycles. The molecule has 6 rings (SSSR count). The standard InChI is InChI=1S/C25H15N3O2/c1-30-15-7-4-6-14(12-15)20-13-18-16-8-2-3-10-19(16)27-24-21(18)23(28-20)22-17(25(24)29)9-5-11-26-22/h2-13H,1H3. The van der Waals surface area contributed by atoms with E-state index in [2.05, 4.69) is 4.98 Å². The number of aromatic nitrogens is 3. The lowest BCUT2D eigenvalue weighted by Gasteiger charge is -2.20. The van der Waals surface area contributed by atoms with Crippen LogP contribution in [0.5, 0.6) is 5.75 Å². The summed E-state index contributed by atoms with van der Waals surface area (Å²) in [7, 11) is 1.65. The van der Waals surface area contributed by atoms with Crippen LogP contribution in [0.25, 0.3) is 44.3 Å². The number of fused-ring (bicyclic) bond motifs is 4. The van der Waals surface area contributed by atoms with Crippen LogP contribution < -0.4 is 4.74 Å². The molecule has 0 fully saturated rings. The van der Waals surface area contributed by atoms with Gasteiger partial charge in [0.25, 0.3) is 0 Å². The maximum absolute atomic E-state index is 13.2. The number of benzene rings is 2. The molecular weight excluding hydrogens is 374 g/mol. The van der Waals surface area contributed by atoms with Gasteiger partial charge >= 0.3 is 0 Å². The molecule has 0 saturated heterocycles. The second kappa shape index (κ2) is 6.19. The highest BCUT2D eigenvalue weighted by Crippen LogP contribution is 2.41. The number of nitrogens with zero attached hydrogens (tertiary/aromatic N) is 3. The largest absolute Gasteiger partial charge is 0.497 e. The second-order valence-corrected chi connectivity index (χ2v) is 7.22. The predicted molar refractivity (Wildman–Crippen MR) is 116 cm³/mol. The summed E-state index contributed by atoms with van der Waals surface area (Å²) in [4.78, 5) is 27.4. The van der Waals surface area contributed by atoms with Gasteiger partial charge in [0.05, 0.1) is 23.9 Å². The molecule has 3 heterocycles. The van der Waals surface area contributed by atoms with Crippen LogP contribution in [0.1, 0.15) is 16.1 Å². The maximum Gasteiger partial charge on any atom is 0.214 e. The Balaban J connectivity index is 1.80. The first kappa shape index (κ1) is 16.8. The average molecular weight is 389 g/mol. The van der Waals surface area contributed by atoms with E-state index in [9.17, 15) is 4.79 Å². The van der Waals surface area contributed by atoms with Gasteiger partial charge in [-0.3, -0.25) is 9.78 Å². The highest BCUT2D eigenvalue weighted by molar-refractivity contribution is 6.27. The van der Waals surface area contributed by atoms with Gasteiger partial charge in [0.1, 0.15) is 22.8 Å². The summed E-state index contributed by atoms with van der Waals surface area (Å²) in [5.74, 6) is 0.648. The lowest BCUT2D eigenvalue weighted by molar-refractivity contribution is 0.103. The van der Waals surface area contributed by atoms with Crippen molar-refractivity contribution in [3.05, 3.63) is 84.2 Å². The van der Waals surface area contributed by atoms with E-state index in [1.165, 1.54) is 0 Å². The van der Waals surface area contributed by atoms with Gasteiger partial charge in [0, 0.05) is 22.5 Å². The Kier molecular flexibility index (Phi) is 3.47. The molecule has 1 aliphatic rings. The highest BCUT2D eigenvalue weighted by atomic mass is 16.5. The van der Waals surface area contributed by atoms with E-state index in [0.717, 1.165) is 38.7 Å². The molecular formula is C25H15N3O2. The van der Waals surface area contributed by atoms with Crippen molar-refractivity contribution in [2.75, 3.05) is 7.11 Å². The van der Waals surface area contributed by atoms with E-state index >= 15 is 0 Å². The monoisotopic (exact) mass is 389 g/mol. The van der Waals surface area contributed by atoms with Crippen molar-refractivity contribution in [1.29, 1.82) is 0 Å². The van der Waals surface area contributed by atoms with Crippen molar-refractivity contribution < 1.29 is 9.53 Å². The third-order valence-corrected chi connectivity index (χ3v) is 5.54. The lowest BCUT2D eigenvalue weighted by Crippen LogP contribution is -2.14. The number of para-hydroxylation sites is 1. The van der Waals surface area contributed by atoms with Crippen molar-refractivity contribution in [3.63, 3.8) is 0 Å². The van der Waals surface area contributed by atoms with Crippen LogP contribution in [0.2, 0.25) is 0 Å². The average Bonchev–Trinajstić information content (AvgIpc) is 2.82. The van der Waals surface area contributed by atoms with Gasteiger partial charge < -0.3 is 4.74 Å². The molecule has 0 N–H and O–H groups in total. The third kappa shape index (κ3) is 2.29. The first-order chi connectivity index (χ1) is 14.7. The Bertz CT molecular complexity index is 1510. The molecule has 0 unspecified atom stereocenters. The van der Waals surface area contributed by atoms with Crippen LogP contribution in [0.3, 0.4) is 0 Å². The predicted octanol–water partition coefficient (Wildman–Crippen LogP) is 5.07. The van der Waals surface area contributed by atoms with Gasteiger partial charge in [0.2, 0.25) is 5.78 Å². The van der Waals surface area contributed by atoms with Crippen LogP contribution in [-0.4, -0.2) is 27.8 Å². The molecule has 2 aromatic carbocycles. The summed E-state index contributed by atoms with van der Waals surface area (Å²) < 4.78 is 5.40. The van der Waals surface area contributed by atoms with Gasteiger partial charge in [0.15, 0.2) is 0 Å². The fraction of sp³-hybridized carbons (Fsp3) is 0.0400. The van der Waals surface area contributed by atoms with Crippen molar-refractivity contribution >= 4 is 27.5 Å². The number of methoxy groups -OCH3 is 1. The summed E-state index contributed by atoms with van der Waals surface area (Å²) in [5, 5.41) is 2.69. The Morgan fingerprint density at radius 3 is 2.60 bits per heavy atom. The molecule has 1 aliphatic carbocycles. The van der Waals surface area contributed by atoms with E-state index < -0.39 is 0 Å². The molecule has 0 bridgehead atoms. The van der Waals surface area contributed by atoms with Gasteiger partial charge in [-0.15, -0.1) is 0 Å². The fourth-order valence-electron chi connectivity index (χ4n) is 4.14. The minimum Gasteiger partial charge on any atom is -0.497 e. The molecule has 5 aromatic rings. The van der Waals surface area contributed by atoms with Gasteiger partial charge in [-0.1, -0.05) is 30.3 Å². The zero-order chi connectivity index (χ0) is 20.2. The lowest BCUT2D eigenvalue weighted by atomic mass is 9.89. The van der Waals surface area contributed by atoms with E-state index in [1.54, 1.807) is 25.4 Å². The van der Waals surface area contributed by atoms with Crippen LogP contribution >= 0.6 is 0 Å². The zero-order valence-corrected chi connectivity index (χ0v) is 16.1. The smallest absolute Gasteiger partial charge is 0.214 e. The molecule has 0 saturated carbocycles. The molecule has 5 nitrogen and oxygen atoms in total. The fourth-order valence-corrected chi connectivity index (χ4v) is 4.14. The van der Waals surface area contributed by atoms with E-state index in [4.69, 9.17) is 14.7 Å². The number of carbonyl (C=O) groups excluding carboxylic acids is 1. The maximum atomic E-state index is 13.2. The van der Waals surface area contributed by atoms with Crippen molar-refractivity contribution in [1.82, 2.24) is 15.0 Å². The third-order valence-electron chi connectivity index (χ3n) is 5.54. The van der Waals surface area contributed by atoms with E-state index in [0.29, 0.717) is 22.6 Å². The SMILES string of the molecule is COc1cccc(-c2cc3c4c(nc5ccccc53)C(=O)c3cccnc3-c4n2)c1. The Morgan fingerprint density at radius 2 is 1.70 bits per heavy atom. The number of rotatable bonds is 2. The van der Waals surface area contributed by atoms with Crippen LogP contribution in [0, 0.1) is 0 Å². The molecule has 0 radical (unpaired) electrons. The van der Waals surface area contributed by atoms with Gasteiger partial charge in [-0.25, -0.2) is 9.97 Å². The topological polar surface area (TPSA) is 65.0 Å². The summed E-state index contributed by atoms with van der Waals surface area (Å²) in [6.45, 7) is 0. The Labute approximate surface area is 172 Å². The molecule has 5 heteroatoms. The van der Waals surface area contributed by atoms with Gasteiger partial charge in [-0.2, -0.15) is 0 Å². The summed E-state index contributed by atoms with van der Waals surface area (Å²) >= 11 is 0. The summed E-state index contributed by atoms with van der Waals surface area (Å²) in [5.41, 5.74) is 4.77. The van der Waals surface area contributed by atoms with Crippen LogP contribution in [0.4, 0.5) is 0 Å². The molecule has 0 amide bonds. The Hall–Kier alpha value is -4.12. The zero-order valence-electron chi connectivity index (χ0n) is 16.1. The quantitative estimate of drug-likeness (QED) is 0.387. The number of carbonyl (C=O) groups is 1. The highest BCUT2D eigenvalue weighted by Gasteiger charge is 2.30. The van der Waals surface area contributed by atoms with Crippen LogP contribution in [-0.2, 0) is 0 Å². The van der Waals surface area contributed by atoms with E-state index in [1.807, 2.05) is 54.6 Å². The number of pyridine rings is 3. The molecule has 0 spiro atoms. The first-order valence-electron chi connectivity index (χ1n) is 9.62. The Morgan fingerprint density at radius 1 is 0.800 bits per heavy atom. The van der Waals surface area contributed by atoms with E-state index in [-0.39, 0.29) is 5.78 Å². The molecule has 30 heavy (non-hydrogen) atoms. The number of hydrogen-bond acceptors (Lipinski definition) is 5. The minimum absolute atomic E-state index is 0.114. The van der Waals surface area contributed by atoms with Crippen LogP contribution in [0.15, 0.2) is 72.9 Å². The number of ketones is 1. The second-order valence-electron chi connectivity index (χ2n) is 7.22. The van der Waals surface area contributed by atoms with Gasteiger partial charge in [-0.05, 0) is 41.8 Å². The number of hydrogen-bond donors (Lipinski definition) is 0. The van der Waals surface area contributed by atoms with Crippen molar-refractivity contribution in [2.24, 2.45) is 0 Å². The molecule has 3 aromatic heterocycles. The number of ether oxygens (including phenoxy) is 1. The van der Waals surface area contributed by atoms with Crippen molar-refractivity contribution in [2.45, 2.75) is 0 Å². The summed E-state index contributed by atoms with van der Waals surface area (Å²) in [6, 6.07) is 21.3. The minimum atomic E-state index is -0.114. The first-order valence-corrected chi connectivity index (χ1v) is 9.62. The summed E-state index contributed by atoms with van der Waals surface area (Å²) in [6.07, 6.45) is 1.69. The molecule has 142 valence electrons. The normalized spacial score (nSPS) is 12.2.